The van der Waals surface area contributed by atoms with E-state index in [0.717, 1.165) is 16.7 Å². The highest BCUT2D eigenvalue weighted by Gasteiger charge is 2.48. The summed E-state index contributed by atoms with van der Waals surface area (Å²) in [6.45, 7) is 6.52. The van der Waals surface area contributed by atoms with Crippen LogP contribution >= 0.6 is 0 Å². The van der Waals surface area contributed by atoms with Crippen molar-refractivity contribution in [2.24, 2.45) is 0 Å². The van der Waals surface area contributed by atoms with Crippen molar-refractivity contribution in [1.29, 1.82) is 0 Å². The second kappa shape index (κ2) is 12.1. The van der Waals surface area contributed by atoms with Gasteiger partial charge in [0.1, 0.15) is 12.1 Å². The third-order valence-corrected chi connectivity index (χ3v) is 8.43. The minimum atomic E-state index is -1.00. The van der Waals surface area contributed by atoms with Gasteiger partial charge in [-0.05, 0) is 50.3 Å². The quantitative estimate of drug-likeness (QED) is 0.374. The molecule has 0 aromatic heterocycles. The molecular formula is C35H40N2O5. The highest BCUT2D eigenvalue weighted by molar-refractivity contribution is 5.92. The Balaban J connectivity index is 1.57. The lowest BCUT2D eigenvalue weighted by atomic mass is 9.67. The van der Waals surface area contributed by atoms with Crippen LogP contribution in [0.15, 0.2) is 91.0 Å². The van der Waals surface area contributed by atoms with E-state index in [1.165, 1.54) is 4.90 Å². The van der Waals surface area contributed by atoms with Gasteiger partial charge in [-0.25, -0.2) is 4.79 Å². The van der Waals surface area contributed by atoms with Crippen molar-refractivity contribution in [1.82, 2.24) is 9.80 Å². The molecule has 7 heteroatoms. The fourth-order valence-electron chi connectivity index (χ4n) is 6.67. The zero-order valence-electron chi connectivity index (χ0n) is 24.6. The molecule has 2 saturated heterocycles. The van der Waals surface area contributed by atoms with Crippen LogP contribution in [0, 0.1) is 0 Å². The third kappa shape index (κ3) is 5.97. The normalized spacial score (nSPS) is 21.0. The van der Waals surface area contributed by atoms with E-state index in [9.17, 15) is 19.5 Å². The average molecular weight is 569 g/mol. The number of hydrogen-bond acceptors (Lipinski definition) is 4. The second-order valence-electron chi connectivity index (χ2n) is 12.4. The van der Waals surface area contributed by atoms with Gasteiger partial charge >= 0.3 is 5.97 Å². The summed E-state index contributed by atoms with van der Waals surface area (Å²) in [7, 11) is 0. The first-order valence-corrected chi connectivity index (χ1v) is 14.8. The molecule has 2 heterocycles. The van der Waals surface area contributed by atoms with Crippen LogP contribution in [0.3, 0.4) is 0 Å². The van der Waals surface area contributed by atoms with Crippen molar-refractivity contribution in [2.75, 3.05) is 13.1 Å². The summed E-state index contributed by atoms with van der Waals surface area (Å²) >= 11 is 0. The summed E-state index contributed by atoms with van der Waals surface area (Å²) in [5.41, 5.74) is 1.66. The molecule has 2 fully saturated rings. The van der Waals surface area contributed by atoms with Gasteiger partial charge in [-0.15, -0.1) is 0 Å². The molecule has 220 valence electrons. The lowest BCUT2D eigenvalue weighted by Crippen LogP contribution is -2.51. The summed E-state index contributed by atoms with van der Waals surface area (Å²) < 4.78 is 6.30. The molecule has 0 bridgehead atoms. The first-order chi connectivity index (χ1) is 20.1. The molecule has 42 heavy (non-hydrogen) atoms. The number of benzene rings is 3. The Bertz CT molecular complexity index is 1290. The van der Waals surface area contributed by atoms with E-state index in [2.05, 4.69) is 0 Å². The molecule has 2 aliphatic rings. The number of nitrogens with zero attached hydrogens (tertiary/aromatic N) is 2. The minimum absolute atomic E-state index is 0.0966. The standard InChI is InChI=1S/C35H40N2O5/c1-34(2,3)42-28-22-30(32(39)36-21-13-20-29(36)33(40)41)37(24-28)31(38)23-35(25-14-7-4-8-15-25,26-16-9-5-10-17-26)27-18-11-6-12-19-27/h4-12,14-19,28-30H,13,20-24H2,1-3H3,(H,40,41)/t28-,29-,30+/m1/s1. The zero-order valence-corrected chi connectivity index (χ0v) is 24.6. The van der Waals surface area contributed by atoms with Gasteiger partial charge in [0.15, 0.2) is 0 Å². The number of hydrogen-bond donors (Lipinski definition) is 1. The molecule has 3 atom stereocenters. The summed E-state index contributed by atoms with van der Waals surface area (Å²) in [5, 5.41) is 9.79. The van der Waals surface area contributed by atoms with Crippen LogP contribution in [-0.2, 0) is 24.5 Å². The number of carbonyl (C=O) groups excluding carboxylic acids is 2. The van der Waals surface area contributed by atoms with Crippen LogP contribution in [0.5, 0.6) is 0 Å². The van der Waals surface area contributed by atoms with E-state index in [1.807, 2.05) is 112 Å². The van der Waals surface area contributed by atoms with Crippen LogP contribution in [0.2, 0.25) is 0 Å². The van der Waals surface area contributed by atoms with Crippen molar-refractivity contribution in [3.63, 3.8) is 0 Å². The van der Waals surface area contributed by atoms with Crippen LogP contribution in [-0.4, -0.2) is 69.6 Å². The number of amides is 2. The maximum atomic E-state index is 14.6. The highest BCUT2D eigenvalue weighted by atomic mass is 16.5. The molecule has 7 nitrogen and oxygen atoms in total. The van der Waals surface area contributed by atoms with Gasteiger partial charge in [0.05, 0.1) is 17.1 Å². The Morgan fingerprint density at radius 2 is 1.29 bits per heavy atom. The molecule has 0 radical (unpaired) electrons. The Morgan fingerprint density at radius 3 is 1.74 bits per heavy atom. The topological polar surface area (TPSA) is 87.2 Å². The van der Waals surface area contributed by atoms with E-state index < -0.39 is 29.1 Å². The van der Waals surface area contributed by atoms with Crippen LogP contribution in [0.4, 0.5) is 0 Å². The molecule has 2 aliphatic heterocycles. The molecule has 0 saturated carbocycles. The molecule has 1 N–H and O–H groups in total. The van der Waals surface area contributed by atoms with E-state index in [1.54, 1.807) is 4.90 Å². The summed E-state index contributed by atoms with van der Waals surface area (Å²) in [6, 6.07) is 28.4. The Labute approximate surface area is 248 Å². The van der Waals surface area contributed by atoms with Crippen molar-refractivity contribution >= 4 is 17.8 Å². The zero-order chi connectivity index (χ0) is 29.9. The largest absolute Gasteiger partial charge is 0.480 e. The van der Waals surface area contributed by atoms with Crippen molar-refractivity contribution in [3.8, 4) is 0 Å². The number of aliphatic carboxylic acids is 1. The molecular weight excluding hydrogens is 528 g/mol. The van der Waals surface area contributed by atoms with Gasteiger partial charge in [-0.3, -0.25) is 9.59 Å². The number of carboxylic acid groups (broad SMARTS) is 1. The fourth-order valence-corrected chi connectivity index (χ4v) is 6.67. The Morgan fingerprint density at radius 1 is 0.786 bits per heavy atom. The second-order valence-corrected chi connectivity index (χ2v) is 12.4. The smallest absolute Gasteiger partial charge is 0.326 e. The SMILES string of the molecule is CC(C)(C)O[C@@H]1C[C@@H](C(=O)N2CCC[C@@H]2C(=O)O)N(C(=O)CC(c2ccccc2)(c2ccccc2)c2ccccc2)C1. The number of rotatable bonds is 8. The molecule has 0 unspecified atom stereocenters. The number of ether oxygens (including phenoxy) is 1. The third-order valence-electron chi connectivity index (χ3n) is 8.43. The fraction of sp³-hybridized carbons (Fsp3) is 0.400. The van der Waals surface area contributed by atoms with E-state index in [-0.39, 0.29) is 30.9 Å². The maximum absolute atomic E-state index is 14.6. The molecule has 3 aromatic rings. The van der Waals surface area contributed by atoms with E-state index >= 15 is 0 Å². The average Bonchev–Trinajstić information content (AvgIpc) is 3.64. The molecule has 3 aromatic carbocycles. The van der Waals surface area contributed by atoms with Gasteiger partial charge in [0, 0.05) is 25.9 Å². The molecule has 0 aliphatic carbocycles. The summed E-state index contributed by atoms with van der Waals surface area (Å²) in [4.78, 5) is 43.7. The first kappa shape index (κ1) is 29.5. The van der Waals surface area contributed by atoms with Gasteiger partial charge in [-0.1, -0.05) is 91.0 Å². The number of likely N-dealkylation sites (tertiary alicyclic amines) is 2. The summed E-state index contributed by atoms with van der Waals surface area (Å²) in [6.07, 6.45) is 1.14. The molecule has 0 spiro atoms. The first-order valence-electron chi connectivity index (χ1n) is 14.8. The van der Waals surface area contributed by atoms with Gasteiger partial charge < -0.3 is 19.6 Å². The lowest BCUT2D eigenvalue weighted by Gasteiger charge is -2.38. The number of carboxylic acids is 1. The summed E-state index contributed by atoms with van der Waals surface area (Å²) in [5.74, 6) is -1.48. The van der Waals surface area contributed by atoms with E-state index in [0.29, 0.717) is 25.8 Å². The lowest BCUT2D eigenvalue weighted by molar-refractivity contribution is -0.151. The van der Waals surface area contributed by atoms with E-state index in [4.69, 9.17) is 4.74 Å². The molecule has 2 amide bonds. The van der Waals surface area contributed by atoms with Crippen LogP contribution in [0.1, 0.15) is 63.1 Å². The predicted molar refractivity (Wildman–Crippen MR) is 161 cm³/mol. The maximum Gasteiger partial charge on any atom is 0.326 e. The monoisotopic (exact) mass is 568 g/mol. The van der Waals surface area contributed by atoms with Crippen molar-refractivity contribution in [3.05, 3.63) is 108 Å². The van der Waals surface area contributed by atoms with Crippen molar-refractivity contribution in [2.45, 2.75) is 75.7 Å². The van der Waals surface area contributed by atoms with Gasteiger partial charge in [-0.2, -0.15) is 0 Å². The highest BCUT2D eigenvalue weighted by Crippen LogP contribution is 2.43. The Hall–Kier alpha value is -3.97. The minimum Gasteiger partial charge on any atom is -0.480 e. The predicted octanol–water partition coefficient (Wildman–Crippen LogP) is 5.27. The van der Waals surface area contributed by atoms with Gasteiger partial charge in [0.2, 0.25) is 11.8 Å². The van der Waals surface area contributed by atoms with Crippen LogP contribution in [0.25, 0.3) is 0 Å². The van der Waals surface area contributed by atoms with Gasteiger partial charge in [0.25, 0.3) is 0 Å². The number of carbonyl (C=O) groups is 3. The Kier molecular flexibility index (Phi) is 8.50. The van der Waals surface area contributed by atoms with Crippen LogP contribution < -0.4 is 0 Å². The molecule has 5 rings (SSSR count). The van der Waals surface area contributed by atoms with Crippen molar-refractivity contribution < 1.29 is 24.2 Å².